The third-order valence-electron chi connectivity index (χ3n) is 3.66. The van der Waals surface area contributed by atoms with Gasteiger partial charge in [-0.05, 0) is 45.8 Å². The van der Waals surface area contributed by atoms with Crippen LogP contribution in [0.15, 0.2) is 0 Å². The first-order valence-corrected chi connectivity index (χ1v) is 6.17. The number of rotatable bonds is 5. The van der Waals surface area contributed by atoms with Crippen molar-refractivity contribution in [2.45, 2.75) is 32.7 Å². The lowest BCUT2D eigenvalue weighted by molar-refractivity contribution is 0.127. The molecule has 1 saturated heterocycles. The van der Waals surface area contributed by atoms with Gasteiger partial charge >= 0.3 is 0 Å². The van der Waals surface area contributed by atoms with Crippen molar-refractivity contribution in [1.29, 1.82) is 0 Å². The average molecular weight is 214 g/mol. The normalized spacial score (nSPS) is 22.2. The molecule has 0 radical (unpaired) electrons. The van der Waals surface area contributed by atoms with Crippen LogP contribution in [-0.4, -0.2) is 60.8 Å². The van der Waals surface area contributed by atoms with Crippen LogP contribution in [-0.2, 0) is 0 Å². The second-order valence-electron chi connectivity index (χ2n) is 5.04. The second-order valence-corrected chi connectivity index (χ2v) is 5.04. The van der Waals surface area contributed by atoms with Crippen LogP contribution in [0.25, 0.3) is 0 Å². The summed E-state index contributed by atoms with van der Waals surface area (Å²) in [5.74, 6) is 0.912. The maximum Gasteiger partial charge on any atom is 0.0584 e. The van der Waals surface area contributed by atoms with E-state index in [1.54, 1.807) is 0 Å². The number of likely N-dealkylation sites (tertiary alicyclic amines) is 1. The topological polar surface area (TPSA) is 26.7 Å². The summed E-state index contributed by atoms with van der Waals surface area (Å²) in [6.45, 7) is 9.39. The van der Waals surface area contributed by atoms with Gasteiger partial charge in [-0.15, -0.1) is 0 Å². The Morgan fingerprint density at radius 3 is 2.53 bits per heavy atom. The van der Waals surface area contributed by atoms with Crippen LogP contribution in [0.1, 0.15) is 26.7 Å². The smallest absolute Gasteiger partial charge is 0.0584 e. The summed E-state index contributed by atoms with van der Waals surface area (Å²) in [6, 6.07) is 0.286. The number of aliphatic hydroxyl groups excluding tert-OH is 1. The summed E-state index contributed by atoms with van der Waals surface area (Å²) in [7, 11) is 2.09. The van der Waals surface area contributed by atoms with Gasteiger partial charge in [0.25, 0.3) is 0 Å². The van der Waals surface area contributed by atoms with E-state index in [0.717, 1.165) is 19.0 Å². The molecular weight excluding hydrogens is 188 g/mol. The highest BCUT2D eigenvalue weighted by molar-refractivity contribution is 4.71. The average Bonchev–Trinajstić information content (AvgIpc) is 2.26. The van der Waals surface area contributed by atoms with Gasteiger partial charge in [-0.3, -0.25) is 0 Å². The summed E-state index contributed by atoms with van der Waals surface area (Å²) in [6.07, 6.45) is 2.69. The molecule has 0 saturated carbocycles. The van der Waals surface area contributed by atoms with Gasteiger partial charge in [-0.25, -0.2) is 0 Å². The Kier molecular flexibility index (Phi) is 5.58. The molecule has 1 atom stereocenters. The number of piperidine rings is 1. The molecule has 1 unspecified atom stereocenters. The Morgan fingerprint density at radius 1 is 1.40 bits per heavy atom. The highest BCUT2D eigenvalue weighted by Crippen LogP contribution is 2.15. The zero-order chi connectivity index (χ0) is 11.3. The van der Waals surface area contributed by atoms with E-state index >= 15 is 0 Å². The lowest BCUT2D eigenvalue weighted by Gasteiger charge is -2.32. The number of aliphatic hydroxyl groups is 1. The van der Waals surface area contributed by atoms with Crippen LogP contribution in [0.2, 0.25) is 0 Å². The maximum atomic E-state index is 9.02. The van der Waals surface area contributed by atoms with E-state index in [1.165, 1.54) is 25.9 Å². The molecule has 90 valence electrons. The van der Waals surface area contributed by atoms with Crippen LogP contribution in [0.4, 0.5) is 0 Å². The lowest BCUT2D eigenvalue weighted by Crippen LogP contribution is -2.41. The van der Waals surface area contributed by atoms with Crippen molar-refractivity contribution in [2.75, 3.05) is 39.8 Å². The molecule has 0 bridgehead atoms. The van der Waals surface area contributed by atoms with Gasteiger partial charge < -0.3 is 14.9 Å². The minimum atomic E-state index is 0.257. The van der Waals surface area contributed by atoms with Crippen LogP contribution in [0.3, 0.4) is 0 Å². The monoisotopic (exact) mass is 214 g/mol. The molecule has 0 aromatic heterocycles. The molecule has 0 aliphatic carbocycles. The molecule has 0 spiro atoms. The minimum absolute atomic E-state index is 0.257. The molecule has 15 heavy (non-hydrogen) atoms. The first kappa shape index (κ1) is 12.9. The van der Waals surface area contributed by atoms with Crippen molar-refractivity contribution >= 4 is 0 Å². The molecule has 1 aliphatic rings. The van der Waals surface area contributed by atoms with E-state index in [9.17, 15) is 0 Å². The molecule has 1 heterocycles. The van der Waals surface area contributed by atoms with Crippen molar-refractivity contribution < 1.29 is 5.11 Å². The predicted octanol–water partition coefficient (Wildman–Crippen LogP) is 1.03. The van der Waals surface area contributed by atoms with Crippen LogP contribution < -0.4 is 0 Å². The number of nitrogens with zero attached hydrogens (tertiary/aromatic N) is 2. The van der Waals surface area contributed by atoms with E-state index in [0.29, 0.717) is 0 Å². The Morgan fingerprint density at radius 2 is 2.00 bits per heavy atom. The van der Waals surface area contributed by atoms with E-state index < -0.39 is 0 Å². The second kappa shape index (κ2) is 6.46. The van der Waals surface area contributed by atoms with Gasteiger partial charge in [0.1, 0.15) is 0 Å². The van der Waals surface area contributed by atoms with Gasteiger partial charge in [0.2, 0.25) is 0 Å². The molecule has 0 aromatic rings. The zero-order valence-electron chi connectivity index (χ0n) is 10.4. The van der Waals surface area contributed by atoms with Gasteiger partial charge in [0.05, 0.1) is 6.61 Å². The maximum absolute atomic E-state index is 9.02. The summed E-state index contributed by atoms with van der Waals surface area (Å²) < 4.78 is 0. The van der Waals surface area contributed by atoms with Crippen molar-refractivity contribution in [1.82, 2.24) is 9.80 Å². The molecule has 1 aliphatic heterocycles. The lowest BCUT2D eigenvalue weighted by atomic mass is 9.99. The van der Waals surface area contributed by atoms with Crippen LogP contribution in [0, 0.1) is 5.92 Å². The van der Waals surface area contributed by atoms with E-state index in [1.807, 2.05) is 0 Å². The standard InChI is InChI=1S/C12H26N2O/c1-11-4-6-14(7-5-11)9-8-13(3)12(2)10-15/h11-12,15H,4-10H2,1-3H3. The zero-order valence-corrected chi connectivity index (χ0v) is 10.4. The van der Waals surface area contributed by atoms with Crippen molar-refractivity contribution in [3.63, 3.8) is 0 Å². The largest absolute Gasteiger partial charge is 0.395 e. The third kappa shape index (κ3) is 4.49. The molecular formula is C12H26N2O. The Bertz CT molecular complexity index is 167. The first-order chi connectivity index (χ1) is 7.13. The fraction of sp³-hybridized carbons (Fsp3) is 1.00. The first-order valence-electron chi connectivity index (χ1n) is 6.17. The van der Waals surface area contributed by atoms with Gasteiger partial charge in [-0.1, -0.05) is 6.92 Å². The molecule has 1 rings (SSSR count). The van der Waals surface area contributed by atoms with E-state index in [4.69, 9.17) is 5.11 Å². The van der Waals surface area contributed by atoms with Gasteiger partial charge in [0.15, 0.2) is 0 Å². The summed E-state index contributed by atoms with van der Waals surface area (Å²) >= 11 is 0. The van der Waals surface area contributed by atoms with Crippen LogP contribution >= 0.6 is 0 Å². The third-order valence-corrected chi connectivity index (χ3v) is 3.66. The van der Waals surface area contributed by atoms with Crippen molar-refractivity contribution in [3.8, 4) is 0 Å². The SMILES string of the molecule is CC1CCN(CCN(C)C(C)CO)CC1. The number of hydrogen-bond donors (Lipinski definition) is 1. The molecule has 1 N–H and O–H groups in total. The van der Waals surface area contributed by atoms with E-state index in [2.05, 4.69) is 30.7 Å². The highest BCUT2D eigenvalue weighted by atomic mass is 16.3. The molecule has 0 aromatic carbocycles. The Hall–Kier alpha value is -0.120. The number of hydrogen-bond acceptors (Lipinski definition) is 3. The summed E-state index contributed by atoms with van der Waals surface area (Å²) in [5, 5.41) is 9.02. The fourth-order valence-electron chi connectivity index (χ4n) is 1.94. The summed E-state index contributed by atoms with van der Waals surface area (Å²) in [5.41, 5.74) is 0. The summed E-state index contributed by atoms with van der Waals surface area (Å²) in [4.78, 5) is 4.78. The minimum Gasteiger partial charge on any atom is -0.395 e. The van der Waals surface area contributed by atoms with E-state index in [-0.39, 0.29) is 12.6 Å². The van der Waals surface area contributed by atoms with Gasteiger partial charge in [0, 0.05) is 19.1 Å². The molecule has 0 amide bonds. The quantitative estimate of drug-likeness (QED) is 0.740. The van der Waals surface area contributed by atoms with Gasteiger partial charge in [-0.2, -0.15) is 0 Å². The van der Waals surface area contributed by atoms with Crippen molar-refractivity contribution in [2.24, 2.45) is 5.92 Å². The fourth-order valence-corrected chi connectivity index (χ4v) is 1.94. The Labute approximate surface area is 94.1 Å². The highest BCUT2D eigenvalue weighted by Gasteiger charge is 2.16. The molecule has 3 nitrogen and oxygen atoms in total. The van der Waals surface area contributed by atoms with Crippen molar-refractivity contribution in [3.05, 3.63) is 0 Å². The molecule has 3 heteroatoms. The Balaban J connectivity index is 2.14. The molecule has 1 fully saturated rings. The van der Waals surface area contributed by atoms with Crippen LogP contribution in [0.5, 0.6) is 0 Å². The predicted molar refractivity (Wildman–Crippen MR) is 64.0 cm³/mol. The number of likely N-dealkylation sites (N-methyl/N-ethyl adjacent to an activating group) is 1.